The molecule has 0 spiro atoms. The molecule has 0 saturated carbocycles. The molecule has 0 fully saturated rings. The average molecular weight is 629 g/mol. The summed E-state index contributed by atoms with van der Waals surface area (Å²) in [5.74, 6) is 0.700. The van der Waals surface area contributed by atoms with Gasteiger partial charge in [-0.15, -0.1) is 0 Å². The lowest BCUT2D eigenvalue weighted by atomic mass is 9.89. The molecule has 4 nitrogen and oxygen atoms in total. The molecule has 49 heavy (non-hydrogen) atoms. The molecule has 2 N–H and O–H groups in total. The summed E-state index contributed by atoms with van der Waals surface area (Å²) in [5.41, 5.74) is 14.0. The van der Waals surface area contributed by atoms with Crippen LogP contribution in [0.1, 0.15) is 22.3 Å². The number of nitrogens with zero attached hydrogens (tertiary/aromatic N) is 2. The van der Waals surface area contributed by atoms with Gasteiger partial charge in [0, 0.05) is 39.7 Å². The van der Waals surface area contributed by atoms with Crippen LogP contribution in [0.15, 0.2) is 170 Å². The van der Waals surface area contributed by atoms with Gasteiger partial charge in [0.05, 0.1) is 17.1 Å². The first-order chi connectivity index (χ1) is 24.2. The number of fused-ring (bicyclic) bond motifs is 1. The van der Waals surface area contributed by atoms with Gasteiger partial charge in [-0.3, -0.25) is 0 Å². The minimum atomic E-state index is 0.700. The monoisotopic (exact) mass is 628 g/mol. The van der Waals surface area contributed by atoms with E-state index in [0.29, 0.717) is 5.82 Å². The highest BCUT2D eigenvalue weighted by Crippen LogP contribution is 2.37. The van der Waals surface area contributed by atoms with E-state index >= 15 is 0 Å². The SMILES string of the molecule is N=C/C(=C1\NC(c2ccccc2)=Cc2ccc(-c3ccc(-c4cc(-c5ccccc5)nc(-c5ccccc5)n4)cc3)cc21)c1ccccc1. The number of rotatable bonds is 7. The fourth-order valence-corrected chi connectivity index (χ4v) is 6.28. The Labute approximate surface area is 286 Å². The maximum atomic E-state index is 8.46. The highest BCUT2D eigenvalue weighted by Gasteiger charge is 2.21. The van der Waals surface area contributed by atoms with Gasteiger partial charge < -0.3 is 10.7 Å². The Hall–Kier alpha value is -6.65. The van der Waals surface area contributed by atoms with Gasteiger partial charge in [0.15, 0.2) is 5.82 Å². The summed E-state index contributed by atoms with van der Waals surface area (Å²) < 4.78 is 0. The van der Waals surface area contributed by atoms with Crippen molar-refractivity contribution in [1.82, 2.24) is 15.3 Å². The molecule has 1 aliphatic heterocycles. The Balaban J connectivity index is 1.20. The lowest BCUT2D eigenvalue weighted by molar-refractivity contribution is 1.18. The molecule has 2 heterocycles. The minimum absolute atomic E-state index is 0.700. The van der Waals surface area contributed by atoms with E-state index < -0.39 is 0 Å². The molecule has 8 rings (SSSR count). The van der Waals surface area contributed by atoms with E-state index in [-0.39, 0.29) is 0 Å². The average Bonchev–Trinajstić information content (AvgIpc) is 3.19. The third kappa shape index (κ3) is 6.11. The van der Waals surface area contributed by atoms with Crippen molar-refractivity contribution < 1.29 is 0 Å². The fourth-order valence-electron chi connectivity index (χ4n) is 6.28. The fraction of sp³-hybridized carbons (Fsp3) is 0. The van der Waals surface area contributed by atoms with Gasteiger partial charge in [-0.05, 0) is 46.0 Å². The largest absolute Gasteiger partial charge is 0.354 e. The number of allylic oxidation sites excluding steroid dienone is 1. The van der Waals surface area contributed by atoms with Crippen LogP contribution < -0.4 is 5.32 Å². The van der Waals surface area contributed by atoms with Crippen LogP contribution >= 0.6 is 0 Å². The molecule has 1 aliphatic rings. The van der Waals surface area contributed by atoms with Crippen LogP contribution in [0.5, 0.6) is 0 Å². The molecule has 1 aromatic heterocycles. The first kappa shape index (κ1) is 29.7. The third-order valence-electron chi connectivity index (χ3n) is 8.81. The zero-order chi connectivity index (χ0) is 33.0. The predicted octanol–water partition coefficient (Wildman–Crippen LogP) is 10.8. The van der Waals surface area contributed by atoms with E-state index in [1.807, 2.05) is 84.9 Å². The van der Waals surface area contributed by atoms with Crippen molar-refractivity contribution in [2.75, 3.05) is 0 Å². The Morgan fingerprint density at radius 2 is 1.00 bits per heavy atom. The van der Waals surface area contributed by atoms with Crippen molar-refractivity contribution in [1.29, 1.82) is 5.41 Å². The van der Waals surface area contributed by atoms with Gasteiger partial charge in [-0.1, -0.05) is 158 Å². The smallest absolute Gasteiger partial charge is 0.160 e. The van der Waals surface area contributed by atoms with E-state index in [1.54, 1.807) is 0 Å². The van der Waals surface area contributed by atoms with Gasteiger partial charge in [0.25, 0.3) is 0 Å². The molecule has 0 radical (unpaired) electrons. The van der Waals surface area contributed by atoms with Crippen LogP contribution in [-0.2, 0) is 0 Å². The van der Waals surface area contributed by atoms with Gasteiger partial charge in [0.2, 0.25) is 0 Å². The number of benzene rings is 6. The van der Waals surface area contributed by atoms with E-state index in [4.69, 9.17) is 15.4 Å². The standard InChI is InChI=1S/C45H32N4/c46-30-40(32-13-5-1-6-14-32)44-39-27-37(25-26-38(39)28-41(47-44)33-15-7-2-8-16-33)31-21-23-35(24-22-31)43-29-42(34-17-9-3-10-18-34)48-45(49-43)36-19-11-4-12-20-36/h1-30,46-47H/b44-40+,46-30?. The van der Waals surface area contributed by atoms with Gasteiger partial charge in [-0.25, -0.2) is 9.97 Å². The molecule has 0 atom stereocenters. The molecule has 0 saturated heterocycles. The normalized spacial score (nSPS) is 13.1. The second-order valence-corrected chi connectivity index (χ2v) is 11.9. The summed E-state index contributed by atoms with van der Waals surface area (Å²) in [7, 11) is 0. The van der Waals surface area contributed by atoms with Crippen LogP contribution in [0.25, 0.3) is 68.1 Å². The van der Waals surface area contributed by atoms with E-state index in [0.717, 1.165) is 78.4 Å². The first-order valence-electron chi connectivity index (χ1n) is 16.3. The minimum Gasteiger partial charge on any atom is -0.354 e. The molecule has 0 aliphatic carbocycles. The molecular weight excluding hydrogens is 597 g/mol. The van der Waals surface area contributed by atoms with Crippen molar-refractivity contribution in [3.8, 4) is 45.0 Å². The topological polar surface area (TPSA) is 61.7 Å². The lowest BCUT2D eigenvalue weighted by Crippen LogP contribution is -2.18. The highest BCUT2D eigenvalue weighted by molar-refractivity contribution is 6.20. The van der Waals surface area contributed by atoms with Crippen LogP contribution in [0.4, 0.5) is 0 Å². The maximum Gasteiger partial charge on any atom is 0.160 e. The molecule has 6 aromatic carbocycles. The second kappa shape index (κ2) is 13.2. The number of nitrogens with one attached hydrogen (secondary N) is 2. The quantitative estimate of drug-likeness (QED) is 0.173. The van der Waals surface area contributed by atoms with Crippen molar-refractivity contribution in [2.45, 2.75) is 0 Å². The molecule has 7 aromatic rings. The van der Waals surface area contributed by atoms with Crippen LogP contribution in [0.2, 0.25) is 0 Å². The summed E-state index contributed by atoms with van der Waals surface area (Å²) in [6, 6.07) is 58.1. The van der Waals surface area contributed by atoms with E-state index in [9.17, 15) is 0 Å². The summed E-state index contributed by atoms with van der Waals surface area (Å²) >= 11 is 0. The van der Waals surface area contributed by atoms with Gasteiger partial charge in [0.1, 0.15) is 0 Å². The second-order valence-electron chi connectivity index (χ2n) is 11.9. The van der Waals surface area contributed by atoms with E-state index in [2.05, 4.69) is 96.3 Å². The Morgan fingerprint density at radius 3 is 1.61 bits per heavy atom. The molecule has 0 unspecified atom stereocenters. The first-order valence-corrected chi connectivity index (χ1v) is 16.3. The van der Waals surface area contributed by atoms with Gasteiger partial charge >= 0.3 is 0 Å². The van der Waals surface area contributed by atoms with Crippen LogP contribution in [0.3, 0.4) is 0 Å². The predicted molar refractivity (Wildman–Crippen MR) is 203 cm³/mol. The molecule has 0 bridgehead atoms. The number of aromatic nitrogens is 2. The van der Waals surface area contributed by atoms with Crippen molar-refractivity contribution >= 4 is 29.3 Å². The molecule has 232 valence electrons. The zero-order valence-corrected chi connectivity index (χ0v) is 26.7. The summed E-state index contributed by atoms with van der Waals surface area (Å²) in [6.07, 6.45) is 3.64. The van der Waals surface area contributed by atoms with Crippen molar-refractivity contribution in [3.63, 3.8) is 0 Å². The Kier molecular flexibility index (Phi) is 8.02. The van der Waals surface area contributed by atoms with E-state index in [1.165, 1.54) is 6.21 Å². The Morgan fingerprint density at radius 1 is 0.490 bits per heavy atom. The summed E-state index contributed by atoms with van der Waals surface area (Å²) in [4.78, 5) is 9.94. The number of hydrogen-bond acceptors (Lipinski definition) is 4. The third-order valence-corrected chi connectivity index (χ3v) is 8.81. The van der Waals surface area contributed by atoms with Crippen LogP contribution in [-0.4, -0.2) is 16.2 Å². The Bertz CT molecular complexity index is 2270. The summed E-state index contributed by atoms with van der Waals surface area (Å²) in [6.45, 7) is 0. The van der Waals surface area contributed by atoms with Gasteiger partial charge in [-0.2, -0.15) is 0 Å². The number of hydrogen-bond donors (Lipinski definition) is 2. The lowest BCUT2D eigenvalue weighted by Gasteiger charge is -2.25. The zero-order valence-electron chi connectivity index (χ0n) is 26.7. The van der Waals surface area contributed by atoms with Crippen LogP contribution in [0, 0.1) is 5.41 Å². The molecule has 0 amide bonds. The van der Waals surface area contributed by atoms with Crippen molar-refractivity contribution in [2.24, 2.45) is 0 Å². The molecule has 4 heteroatoms. The van der Waals surface area contributed by atoms with Crippen molar-refractivity contribution in [3.05, 3.63) is 192 Å². The summed E-state index contributed by atoms with van der Waals surface area (Å²) in [5, 5.41) is 12.2. The maximum absolute atomic E-state index is 8.46. The highest BCUT2D eigenvalue weighted by atomic mass is 14.9. The molecular formula is C45H32N4.